The Morgan fingerprint density at radius 1 is 1.15 bits per heavy atom. The molecule has 1 aromatic carbocycles. The first kappa shape index (κ1) is 22.8. The van der Waals surface area contributed by atoms with Gasteiger partial charge in [-0.1, -0.05) is 32.0 Å². The highest BCUT2D eigenvalue weighted by Gasteiger charge is 2.23. The van der Waals surface area contributed by atoms with E-state index in [1.165, 1.54) is 6.07 Å². The molecule has 0 spiro atoms. The van der Waals surface area contributed by atoms with E-state index >= 15 is 0 Å². The van der Waals surface area contributed by atoms with Gasteiger partial charge in [0.05, 0.1) is 5.69 Å². The molecule has 0 atom stereocenters. The number of piperidine rings is 1. The molecule has 33 heavy (non-hydrogen) atoms. The SMILES string of the molecule is CC(C)c1nc(N2CCC(NC(=O)CCc3ccccc3F)CC2)ncc1-c1ccncc1. The van der Waals surface area contributed by atoms with Gasteiger partial charge in [-0.2, -0.15) is 0 Å². The Hall–Kier alpha value is -3.35. The number of hydrogen-bond donors (Lipinski definition) is 1. The standard InChI is InChI=1S/C26H30FN5O/c1-18(2)25-22(19-9-13-28-14-10-19)17-29-26(31-25)32-15-11-21(12-16-32)30-24(33)8-7-20-5-3-4-6-23(20)27/h3-6,9-10,13-14,17-18,21H,7-8,11-12,15-16H2,1-2H3,(H,30,33). The minimum atomic E-state index is -0.255. The van der Waals surface area contributed by atoms with Crippen LogP contribution in [0.2, 0.25) is 0 Å². The number of rotatable bonds is 7. The first-order valence-corrected chi connectivity index (χ1v) is 11.6. The molecule has 4 rings (SSSR count). The Bertz CT molecular complexity index is 1080. The number of aryl methyl sites for hydroxylation is 1. The molecule has 0 saturated carbocycles. The fourth-order valence-corrected chi connectivity index (χ4v) is 4.20. The maximum Gasteiger partial charge on any atom is 0.225 e. The summed E-state index contributed by atoms with van der Waals surface area (Å²) < 4.78 is 13.8. The fraction of sp³-hybridized carbons (Fsp3) is 0.385. The third kappa shape index (κ3) is 5.72. The molecule has 1 aliphatic heterocycles. The van der Waals surface area contributed by atoms with Crippen LogP contribution in [0.15, 0.2) is 55.0 Å². The van der Waals surface area contributed by atoms with Gasteiger partial charge in [0.2, 0.25) is 11.9 Å². The number of carbonyl (C=O) groups excluding carboxylic acids is 1. The van der Waals surface area contributed by atoms with Crippen LogP contribution in [0, 0.1) is 5.82 Å². The highest BCUT2D eigenvalue weighted by atomic mass is 19.1. The summed E-state index contributed by atoms with van der Waals surface area (Å²) in [6, 6.07) is 10.7. The van der Waals surface area contributed by atoms with Crippen molar-refractivity contribution in [3.05, 3.63) is 72.1 Å². The van der Waals surface area contributed by atoms with Crippen molar-refractivity contribution < 1.29 is 9.18 Å². The van der Waals surface area contributed by atoms with E-state index in [4.69, 9.17) is 4.98 Å². The second kappa shape index (κ2) is 10.5. The smallest absolute Gasteiger partial charge is 0.225 e. The van der Waals surface area contributed by atoms with Crippen LogP contribution in [0.4, 0.5) is 10.3 Å². The van der Waals surface area contributed by atoms with Crippen molar-refractivity contribution in [1.82, 2.24) is 20.3 Å². The molecule has 3 aromatic rings. The summed E-state index contributed by atoms with van der Waals surface area (Å²) >= 11 is 0. The Balaban J connectivity index is 1.33. The highest BCUT2D eigenvalue weighted by molar-refractivity contribution is 5.76. The minimum Gasteiger partial charge on any atom is -0.353 e. The largest absolute Gasteiger partial charge is 0.353 e. The van der Waals surface area contributed by atoms with Gasteiger partial charge >= 0.3 is 0 Å². The molecule has 172 valence electrons. The van der Waals surface area contributed by atoms with Gasteiger partial charge in [-0.15, -0.1) is 0 Å². The van der Waals surface area contributed by atoms with E-state index in [0.29, 0.717) is 18.4 Å². The molecule has 0 unspecified atom stereocenters. The predicted octanol–water partition coefficient (Wildman–Crippen LogP) is 4.52. The molecule has 7 heteroatoms. The summed E-state index contributed by atoms with van der Waals surface area (Å²) in [7, 11) is 0. The van der Waals surface area contributed by atoms with Crippen molar-refractivity contribution in [2.75, 3.05) is 18.0 Å². The molecule has 3 heterocycles. The molecule has 0 bridgehead atoms. The van der Waals surface area contributed by atoms with E-state index in [1.807, 2.05) is 18.3 Å². The van der Waals surface area contributed by atoms with Crippen LogP contribution in [-0.4, -0.2) is 40.0 Å². The Morgan fingerprint density at radius 3 is 2.58 bits per heavy atom. The molecule has 0 radical (unpaired) electrons. The lowest BCUT2D eigenvalue weighted by Gasteiger charge is -2.33. The monoisotopic (exact) mass is 447 g/mol. The van der Waals surface area contributed by atoms with Crippen molar-refractivity contribution in [2.45, 2.75) is 51.5 Å². The van der Waals surface area contributed by atoms with Crippen LogP contribution < -0.4 is 10.2 Å². The van der Waals surface area contributed by atoms with Crippen LogP contribution >= 0.6 is 0 Å². The highest BCUT2D eigenvalue weighted by Crippen LogP contribution is 2.29. The molecule has 0 aliphatic carbocycles. The summed E-state index contributed by atoms with van der Waals surface area (Å²) in [6.07, 6.45) is 7.83. The van der Waals surface area contributed by atoms with Gasteiger partial charge in [-0.05, 0) is 54.5 Å². The third-order valence-electron chi connectivity index (χ3n) is 6.07. The Morgan fingerprint density at radius 2 is 1.88 bits per heavy atom. The average Bonchev–Trinajstić information content (AvgIpc) is 2.84. The Kier molecular flexibility index (Phi) is 7.27. The average molecular weight is 448 g/mol. The van der Waals surface area contributed by atoms with Gasteiger partial charge in [-0.25, -0.2) is 14.4 Å². The maximum absolute atomic E-state index is 13.8. The van der Waals surface area contributed by atoms with Crippen molar-refractivity contribution >= 4 is 11.9 Å². The number of carbonyl (C=O) groups is 1. The van der Waals surface area contributed by atoms with Gasteiger partial charge in [0.15, 0.2) is 0 Å². The lowest BCUT2D eigenvalue weighted by molar-refractivity contribution is -0.121. The fourth-order valence-electron chi connectivity index (χ4n) is 4.20. The molecular formula is C26H30FN5O. The van der Waals surface area contributed by atoms with Crippen LogP contribution in [0.3, 0.4) is 0 Å². The zero-order chi connectivity index (χ0) is 23.2. The summed E-state index contributed by atoms with van der Waals surface area (Å²) in [5, 5.41) is 3.11. The summed E-state index contributed by atoms with van der Waals surface area (Å²) in [6.45, 7) is 5.84. The zero-order valence-electron chi connectivity index (χ0n) is 19.2. The van der Waals surface area contributed by atoms with E-state index in [-0.39, 0.29) is 23.7 Å². The van der Waals surface area contributed by atoms with E-state index in [2.05, 4.69) is 34.0 Å². The molecule has 1 aliphatic rings. The number of hydrogen-bond acceptors (Lipinski definition) is 5. The van der Waals surface area contributed by atoms with E-state index in [9.17, 15) is 9.18 Å². The Labute approximate surface area is 194 Å². The van der Waals surface area contributed by atoms with Gasteiger partial charge in [-0.3, -0.25) is 9.78 Å². The maximum atomic E-state index is 13.8. The first-order valence-electron chi connectivity index (χ1n) is 11.6. The third-order valence-corrected chi connectivity index (χ3v) is 6.07. The van der Waals surface area contributed by atoms with Gasteiger partial charge < -0.3 is 10.2 Å². The van der Waals surface area contributed by atoms with Crippen molar-refractivity contribution in [1.29, 1.82) is 0 Å². The number of amides is 1. The summed E-state index contributed by atoms with van der Waals surface area (Å²) in [4.78, 5) is 28.2. The minimum absolute atomic E-state index is 0.0308. The van der Waals surface area contributed by atoms with Crippen LogP contribution in [0.25, 0.3) is 11.1 Å². The van der Waals surface area contributed by atoms with E-state index in [0.717, 1.165) is 48.7 Å². The number of benzene rings is 1. The number of pyridine rings is 1. The van der Waals surface area contributed by atoms with Crippen molar-refractivity contribution in [3.63, 3.8) is 0 Å². The van der Waals surface area contributed by atoms with Crippen molar-refractivity contribution in [3.8, 4) is 11.1 Å². The quantitative estimate of drug-likeness (QED) is 0.577. The number of nitrogens with one attached hydrogen (secondary N) is 1. The molecule has 2 aromatic heterocycles. The van der Waals surface area contributed by atoms with Crippen LogP contribution in [-0.2, 0) is 11.2 Å². The van der Waals surface area contributed by atoms with Gasteiger partial charge in [0.1, 0.15) is 5.82 Å². The topological polar surface area (TPSA) is 71.0 Å². The molecule has 1 fully saturated rings. The second-order valence-electron chi connectivity index (χ2n) is 8.78. The lowest BCUT2D eigenvalue weighted by Crippen LogP contribution is -2.45. The van der Waals surface area contributed by atoms with Crippen molar-refractivity contribution in [2.24, 2.45) is 0 Å². The lowest BCUT2D eigenvalue weighted by atomic mass is 10.00. The summed E-state index contributed by atoms with van der Waals surface area (Å²) in [5.74, 6) is 0.716. The van der Waals surface area contributed by atoms with E-state index < -0.39 is 0 Å². The zero-order valence-corrected chi connectivity index (χ0v) is 19.2. The predicted molar refractivity (Wildman–Crippen MR) is 127 cm³/mol. The van der Waals surface area contributed by atoms with Crippen LogP contribution in [0.1, 0.15) is 50.3 Å². The molecule has 6 nitrogen and oxygen atoms in total. The second-order valence-corrected chi connectivity index (χ2v) is 8.78. The normalized spacial score (nSPS) is 14.5. The number of anilines is 1. The summed E-state index contributed by atoms with van der Waals surface area (Å²) in [5.41, 5.74) is 3.70. The van der Waals surface area contributed by atoms with Crippen LogP contribution in [0.5, 0.6) is 0 Å². The van der Waals surface area contributed by atoms with Gasteiger partial charge in [0.25, 0.3) is 0 Å². The number of halogens is 1. The molecular weight excluding hydrogens is 417 g/mol. The number of aromatic nitrogens is 3. The number of nitrogens with zero attached hydrogens (tertiary/aromatic N) is 4. The van der Waals surface area contributed by atoms with E-state index in [1.54, 1.807) is 30.6 Å². The first-order chi connectivity index (χ1) is 16.0. The molecule has 1 amide bonds. The molecule has 1 N–H and O–H groups in total. The van der Waals surface area contributed by atoms with Gasteiger partial charge in [0, 0.05) is 49.7 Å². The molecule has 1 saturated heterocycles.